The summed E-state index contributed by atoms with van der Waals surface area (Å²) < 4.78 is 11.6. The van der Waals surface area contributed by atoms with Crippen molar-refractivity contribution < 1.29 is 19.1 Å². The van der Waals surface area contributed by atoms with Crippen LogP contribution in [0.5, 0.6) is 11.5 Å². The van der Waals surface area contributed by atoms with Gasteiger partial charge in [0.1, 0.15) is 11.9 Å². The Labute approximate surface area is 220 Å². The van der Waals surface area contributed by atoms with Crippen LogP contribution in [-0.2, 0) is 4.79 Å². The Morgan fingerprint density at radius 2 is 1.70 bits per heavy atom. The first-order chi connectivity index (χ1) is 17.7. The van der Waals surface area contributed by atoms with Gasteiger partial charge in [-0.3, -0.25) is 25.8 Å². The molecule has 0 spiro atoms. The molecule has 3 rings (SSSR count). The van der Waals surface area contributed by atoms with Crippen LogP contribution in [0.3, 0.4) is 0 Å². The molecule has 0 bridgehead atoms. The Bertz CT molecular complexity index is 1260. The zero-order valence-electron chi connectivity index (χ0n) is 20.8. The molecular formula is C27H30ClN5O4. The lowest BCUT2D eigenvalue weighted by Gasteiger charge is -2.22. The summed E-state index contributed by atoms with van der Waals surface area (Å²) in [5.41, 5.74) is 12.4. The van der Waals surface area contributed by atoms with Crippen molar-refractivity contribution in [2.75, 3.05) is 11.9 Å². The van der Waals surface area contributed by atoms with Gasteiger partial charge in [-0.15, -0.1) is 0 Å². The Morgan fingerprint density at radius 3 is 2.32 bits per heavy atom. The molecule has 0 saturated carbocycles. The number of ether oxygens (including phenoxy) is 2. The number of carbonyl (C=O) groups excluding carboxylic acids is 2. The normalized spacial score (nSPS) is 11.4. The third-order valence-electron chi connectivity index (χ3n) is 5.15. The maximum absolute atomic E-state index is 13.3. The van der Waals surface area contributed by atoms with Crippen LogP contribution < -0.4 is 31.4 Å². The van der Waals surface area contributed by atoms with Gasteiger partial charge in [-0.2, -0.15) is 0 Å². The lowest BCUT2D eigenvalue weighted by molar-refractivity contribution is -0.122. The standard InChI is InChI=1S/C27H30ClN5O4/c1-4-36-23-15-18(11-14-22(23)37-16(2)3)24(31-19-12-9-17(10-13-19)25(29)30)27(35)33-32-26(34)20-7-5-6-8-21(20)28/h5-16,24,31H,4H2,1-3H3,(H3,29,30)(H,32,34)(H,33,35). The van der Waals surface area contributed by atoms with Crippen molar-refractivity contribution in [1.82, 2.24) is 10.9 Å². The lowest BCUT2D eigenvalue weighted by Crippen LogP contribution is -2.45. The number of amides is 2. The van der Waals surface area contributed by atoms with Crippen molar-refractivity contribution in [2.45, 2.75) is 32.9 Å². The van der Waals surface area contributed by atoms with Gasteiger partial charge in [-0.25, -0.2) is 0 Å². The van der Waals surface area contributed by atoms with Gasteiger partial charge in [0.25, 0.3) is 11.8 Å². The molecule has 194 valence electrons. The molecule has 37 heavy (non-hydrogen) atoms. The highest BCUT2D eigenvalue weighted by atomic mass is 35.5. The van der Waals surface area contributed by atoms with Crippen molar-refractivity contribution in [3.05, 3.63) is 88.4 Å². The maximum atomic E-state index is 13.3. The van der Waals surface area contributed by atoms with Crippen LogP contribution >= 0.6 is 11.6 Å². The molecular weight excluding hydrogens is 494 g/mol. The Morgan fingerprint density at radius 1 is 1.00 bits per heavy atom. The molecule has 3 aromatic rings. The van der Waals surface area contributed by atoms with Crippen molar-refractivity contribution in [1.29, 1.82) is 5.41 Å². The summed E-state index contributed by atoms with van der Waals surface area (Å²) in [6.07, 6.45) is -0.0675. The Hall–Kier alpha value is -4.24. The minimum Gasteiger partial charge on any atom is -0.490 e. The summed E-state index contributed by atoms with van der Waals surface area (Å²) in [6.45, 7) is 6.08. The number of hydrogen-bond acceptors (Lipinski definition) is 6. The molecule has 6 N–H and O–H groups in total. The quantitative estimate of drug-likeness (QED) is 0.151. The lowest BCUT2D eigenvalue weighted by atomic mass is 10.0. The molecule has 1 atom stereocenters. The number of hydrazine groups is 1. The monoisotopic (exact) mass is 523 g/mol. The minimum atomic E-state index is -0.929. The number of carbonyl (C=O) groups is 2. The largest absolute Gasteiger partial charge is 0.490 e. The Kier molecular flexibility index (Phi) is 9.34. The van der Waals surface area contributed by atoms with E-state index in [1.165, 1.54) is 0 Å². The predicted octanol–water partition coefficient (Wildman–Crippen LogP) is 4.42. The summed E-state index contributed by atoms with van der Waals surface area (Å²) in [7, 11) is 0. The van der Waals surface area contributed by atoms with E-state index in [0.717, 1.165) is 0 Å². The molecule has 0 aliphatic carbocycles. The third kappa shape index (κ3) is 7.37. The van der Waals surface area contributed by atoms with Gasteiger partial charge in [0.2, 0.25) is 0 Å². The number of nitrogen functional groups attached to an aromatic ring is 1. The molecule has 1 unspecified atom stereocenters. The number of anilines is 1. The highest BCUT2D eigenvalue weighted by molar-refractivity contribution is 6.33. The molecule has 0 aromatic heterocycles. The van der Waals surface area contributed by atoms with Crippen LogP contribution in [0.1, 0.15) is 48.3 Å². The van der Waals surface area contributed by atoms with Gasteiger partial charge in [-0.1, -0.05) is 29.8 Å². The van der Waals surface area contributed by atoms with Gasteiger partial charge in [-0.05, 0) is 74.9 Å². The van der Waals surface area contributed by atoms with Crippen LogP contribution in [0.15, 0.2) is 66.7 Å². The molecule has 0 aliphatic heterocycles. The number of amidine groups is 1. The zero-order valence-corrected chi connectivity index (χ0v) is 21.6. The van der Waals surface area contributed by atoms with Gasteiger partial charge in [0.05, 0.1) is 23.3 Å². The number of halogens is 1. The Balaban J connectivity index is 1.89. The predicted molar refractivity (Wildman–Crippen MR) is 144 cm³/mol. The maximum Gasteiger partial charge on any atom is 0.271 e. The van der Waals surface area contributed by atoms with Crippen LogP contribution in [0.2, 0.25) is 5.02 Å². The van der Waals surface area contributed by atoms with E-state index in [-0.39, 0.29) is 22.5 Å². The second-order valence-corrected chi connectivity index (χ2v) is 8.70. The molecule has 0 radical (unpaired) electrons. The van der Waals surface area contributed by atoms with Gasteiger partial charge < -0.3 is 20.5 Å². The first-order valence-electron chi connectivity index (χ1n) is 11.7. The molecule has 10 heteroatoms. The smallest absolute Gasteiger partial charge is 0.271 e. The molecule has 0 aliphatic rings. The highest BCUT2D eigenvalue weighted by Gasteiger charge is 2.24. The molecule has 0 saturated heterocycles. The average molecular weight is 524 g/mol. The number of nitrogens with one attached hydrogen (secondary N) is 4. The highest BCUT2D eigenvalue weighted by Crippen LogP contribution is 2.33. The van der Waals surface area contributed by atoms with Crippen LogP contribution in [0.25, 0.3) is 0 Å². The minimum absolute atomic E-state index is 0.0646. The molecule has 0 heterocycles. The van der Waals surface area contributed by atoms with Gasteiger partial charge >= 0.3 is 0 Å². The van der Waals surface area contributed by atoms with E-state index in [0.29, 0.717) is 34.9 Å². The topological polar surface area (TPSA) is 139 Å². The molecule has 0 fully saturated rings. The van der Waals surface area contributed by atoms with Crippen LogP contribution in [0, 0.1) is 5.41 Å². The van der Waals surface area contributed by atoms with E-state index in [1.807, 2.05) is 20.8 Å². The van der Waals surface area contributed by atoms with E-state index in [2.05, 4.69) is 16.2 Å². The van der Waals surface area contributed by atoms with Crippen molar-refractivity contribution in [2.24, 2.45) is 5.73 Å². The van der Waals surface area contributed by atoms with Gasteiger partial charge in [0.15, 0.2) is 11.5 Å². The molecule has 2 amide bonds. The summed E-state index contributed by atoms with van der Waals surface area (Å²) in [5.74, 6) is -0.113. The fourth-order valence-electron chi connectivity index (χ4n) is 3.44. The average Bonchev–Trinajstić information content (AvgIpc) is 2.87. The van der Waals surface area contributed by atoms with E-state index in [9.17, 15) is 9.59 Å². The van der Waals surface area contributed by atoms with Gasteiger partial charge in [0, 0.05) is 11.3 Å². The molecule has 9 nitrogen and oxygen atoms in total. The van der Waals surface area contributed by atoms with Crippen LogP contribution in [0.4, 0.5) is 5.69 Å². The number of benzene rings is 3. The summed E-state index contributed by atoms with van der Waals surface area (Å²) >= 11 is 6.10. The van der Waals surface area contributed by atoms with E-state index in [4.69, 9.17) is 32.2 Å². The molecule has 3 aromatic carbocycles. The number of nitrogens with two attached hydrogens (primary N) is 1. The second kappa shape index (κ2) is 12.6. The third-order valence-corrected chi connectivity index (χ3v) is 5.48. The second-order valence-electron chi connectivity index (χ2n) is 8.30. The SMILES string of the molecule is CCOc1cc(C(Nc2ccc(C(=N)N)cc2)C(=O)NNC(=O)c2ccccc2Cl)ccc1OC(C)C. The van der Waals surface area contributed by atoms with E-state index < -0.39 is 17.9 Å². The first-order valence-corrected chi connectivity index (χ1v) is 12.1. The van der Waals surface area contributed by atoms with Crippen molar-refractivity contribution in [3.63, 3.8) is 0 Å². The van der Waals surface area contributed by atoms with E-state index >= 15 is 0 Å². The fourth-order valence-corrected chi connectivity index (χ4v) is 3.66. The van der Waals surface area contributed by atoms with Crippen LogP contribution in [-0.4, -0.2) is 30.4 Å². The summed E-state index contributed by atoms with van der Waals surface area (Å²) in [6, 6.07) is 17.6. The fraction of sp³-hybridized carbons (Fsp3) is 0.222. The zero-order chi connectivity index (χ0) is 26.9. The van der Waals surface area contributed by atoms with E-state index in [1.54, 1.807) is 66.7 Å². The summed E-state index contributed by atoms with van der Waals surface area (Å²) in [5, 5.41) is 11.0. The number of hydrogen-bond donors (Lipinski definition) is 5. The number of rotatable bonds is 10. The first kappa shape index (κ1) is 27.3. The summed E-state index contributed by atoms with van der Waals surface area (Å²) in [4.78, 5) is 25.9. The van der Waals surface area contributed by atoms with Crippen molar-refractivity contribution in [3.8, 4) is 11.5 Å². The van der Waals surface area contributed by atoms with Crippen molar-refractivity contribution >= 4 is 34.9 Å².